The number of ether oxygens (including phenoxy) is 1. The zero-order valence-corrected chi connectivity index (χ0v) is 8.83. The van der Waals surface area contributed by atoms with Crippen LogP contribution in [0.15, 0.2) is 18.2 Å². The van der Waals surface area contributed by atoms with Gasteiger partial charge in [-0.2, -0.15) is 0 Å². The highest BCUT2D eigenvalue weighted by Gasteiger charge is 2.62. The van der Waals surface area contributed by atoms with Gasteiger partial charge < -0.3 is 10.1 Å². The summed E-state index contributed by atoms with van der Waals surface area (Å²) in [6, 6.07) is 5.86. The summed E-state index contributed by atoms with van der Waals surface area (Å²) in [4.78, 5) is 11.9. The summed E-state index contributed by atoms with van der Waals surface area (Å²) in [5.74, 6) is 1.34. The summed E-state index contributed by atoms with van der Waals surface area (Å²) in [7, 11) is 1.63. The van der Waals surface area contributed by atoms with Crippen molar-refractivity contribution in [1.82, 2.24) is 0 Å². The molecule has 1 aliphatic heterocycles. The molecule has 78 valence electrons. The molecular formula is C12H13NO2. The lowest BCUT2D eigenvalue weighted by molar-refractivity contribution is -0.118. The van der Waals surface area contributed by atoms with Crippen molar-refractivity contribution in [3.63, 3.8) is 0 Å². The van der Waals surface area contributed by atoms with Gasteiger partial charge in [-0.1, -0.05) is 19.1 Å². The molecule has 2 atom stereocenters. The molecule has 0 saturated heterocycles. The summed E-state index contributed by atoms with van der Waals surface area (Å²) in [5.41, 5.74) is 1.73. The van der Waals surface area contributed by atoms with E-state index >= 15 is 0 Å². The summed E-state index contributed by atoms with van der Waals surface area (Å²) in [6.07, 6.45) is 0.957. The molecule has 3 heteroatoms. The molecule has 0 bridgehead atoms. The van der Waals surface area contributed by atoms with Gasteiger partial charge in [0.2, 0.25) is 5.91 Å². The van der Waals surface area contributed by atoms with Crippen LogP contribution < -0.4 is 10.1 Å². The maximum Gasteiger partial charge on any atom is 0.235 e. The van der Waals surface area contributed by atoms with E-state index in [0.717, 1.165) is 23.4 Å². The Labute approximate surface area is 88.4 Å². The molecular weight excluding hydrogens is 190 g/mol. The molecule has 1 N–H and O–H groups in total. The van der Waals surface area contributed by atoms with Crippen molar-refractivity contribution in [3.05, 3.63) is 23.8 Å². The molecule has 0 aromatic heterocycles. The molecule has 0 radical (unpaired) electrons. The normalized spacial score (nSPS) is 31.3. The topological polar surface area (TPSA) is 38.3 Å². The van der Waals surface area contributed by atoms with Gasteiger partial charge in [-0.3, -0.25) is 4.79 Å². The van der Waals surface area contributed by atoms with Gasteiger partial charge in [-0.15, -0.1) is 0 Å². The Morgan fingerprint density at radius 2 is 2.27 bits per heavy atom. The Bertz CT molecular complexity index is 455. The predicted octanol–water partition coefficient (Wildman–Crippen LogP) is 1.92. The van der Waals surface area contributed by atoms with Crippen LogP contribution in [0.5, 0.6) is 5.75 Å². The Balaban J connectivity index is 2.20. The largest absolute Gasteiger partial charge is 0.495 e. The molecule has 3 nitrogen and oxygen atoms in total. The van der Waals surface area contributed by atoms with Gasteiger partial charge >= 0.3 is 0 Å². The highest BCUT2D eigenvalue weighted by atomic mass is 16.5. The average Bonchev–Trinajstić information content (AvgIpc) is 2.82. The van der Waals surface area contributed by atoms with Crippen LogP contribution in [0.4, 0.5) is 5.69 Å². The minimum absolute atomic E-state index is 0.134. The zero-order chi connectivity index (χ0) is 10.6. The van der Waals surface area contributed by atoms with Crippen molar-refractivity contribution in [2.75, 3.05) is 12.4 Å². The molecule has 3 rings (SSSR count). The fraction of sp³-hybridized carbons (Fsp3) is 0.417. The minimum atomic E-state index is -0.246. The van der Waals surface area contributed by atoms with E-state index in [9.17, 15) is 4.79 Å². The second-order valence-electron chi connectivity index (χ2n) is 4.41. The van der Waals surface area contributed by atoms with Crippen molar-refractivity contribution < 1.29 is 9.53 Å². The second-order valence-corrected chi connectivity index (χ2v) is 4.41. The van der Waals surface area contributed by atoms with Crippen molar-refractivity contribution in [2.24, 2.45) is 5.92 Å². The van der Waals surface area contributed by atoms with E-state index in [-0.39, 0.29) is 11.3 Å². The Kier molecular flexibility index (Phi) is 1.48. The number of hydrogen-bond acceptors (Lipinski definition) is 2. The average molecular weight is 203 g/mol. The van der Waals surface area contributed by atoms with Crippen LogP contribution in [0.1, 0.15) is 18.9 Å². The molecule has 1 saturated carbocycles. The summed E-state index contributed by atoms with van der Waals surface area (Å²) in [6.45, 7) is 2.12. The molecule has 1 aromatic rings. The highest BCUT2D eigenvalue weighted by Crippen LogP contribution is 2.60. The van der Waals surface area contributed by atoms with Gasteiger partial charge in [0.1, 0.15) is 5.75 Å². The molecule has 1 spiro atoms. The third-order valence-corrected chi connectivity index (χ3v) is 3.68. The van der Waals surface area contributed by atoms with E-state index in [1.54, 1.807) is 7.11 Å². The number of fused-ring (bicyclic) bond motifs is 2. The van der Waals surface area contributed by atoms with Crippen LogP contribution in [0.3, 0.4) is 0 Å². The lowest BCUT2D eigenvalue weighted by atomic mass is 9.95. The smallest absolute Gasteiger partial charge is 0.235 e. The zero-order valence-electron chi connectivity index (χ0n) is 8.83. The number of carbonyl (C=O) groups excluding carboxylic acids is 1. The SMILES string of the molecule is COc1cccc2c1NC(=O)C21CC1C. The van der Waals surface area contributed by atoms with Crippen LogP contribution in [0, 0.1) is 5.92 Å². The van der Waals surface area contributed by atoms with E-state index in [4.69, 9.17) is 4.74 Å². The second kappa shape index (κ2) is 2.54. The van der Waals surface area contributed by atoms with E-state index in [0.29, 0.717) is 5.92 Å². The first-order valence-electron chi connectivity index (χ1n) is 5.19. The van der Waals surface area contributed by atoms with Gasteiger partial charge in [-0.05, 0) is 24.0 Å². The number of amides is 1. The highest BCUT2D eigenvalue weighted by molar-refractivity contribution is 6.10. The Morgan fingerprint density at radius 3 is 2.87 bits per heavy atom. The minimum Gasteiger partial charge on any atom is -0.495 e. The van der Waals surface area contributed by atoms with Crippen LogP contribution >= 0.6 is 0 Å². The number of hydrogen-bond donors (Lipinski definition) is 1. The van der Waals surface area contributed by atoms with Gasteiger partial charge in [-0.25, -0.2) is 0 Å². The summed E-state index contributed by atoms with van der Waals surface area (Å²) < 4.78 is 5.25. The van der Waals surface area contributed by atoms with Crippen molar-refractivity contribution in [2.45, 2.75) is 18.8 Å². The third-order valence-electron chi connectivity index (χ3n) is 3.68. The first-order valence-corrected chi connectivity index (χ1v) is 5.19. The molecule has 2 aliphatic rings. The van der Waals surface area contributed by atoms with E-state index in [1.165, 1.54) is 0 Å². The van der Waals surface area contributed by atoms with Crippen LogP contribution in [-0.2, 0) is 10.2 Å². The van der Waals surface area contributed by atoms with Gasteiger partial charge in [0, 0.05) is 0 Å². The molecule has 1 aromatic carbocycles. The van der Waals surface area contributed by atoms with Crippen molar-refractivity contribution >= 4 is 11.6 Å². The van der Waals surface area contributed by atoms with E-state index < -0.39 is 0 Å². The number of carbonyl (C=O) groups is 1. The molecule has 1 heterocycles. The number of rotatable bonds is 1. The van der Waals surface area contributed by atoms with Crippen LogP contribution in [-0.4, -0.2) is 13.0 Å². The number of nitrogens with one attached hydrogen (secondary N) is 1. The maximum atomic E-state index is 11.9. The molecule has 1 fully saturated rings. The summed E-state index contributed by atoms with van der Waals surface area (Å²) in [5, 5.41) is 2.94. The summed E-state index contributed by atoms with van der Waals surface area (Å²) >= 11 is 0. The van der Waals surface area contributed by atoms with Crippen molar-refractivity contribution in [3.8, 4) is 5.75 Å². The first kappa shape index (κ1) is 8.77. The Morgan fingerprint density at radius 1 is 1.53 bits per heavy atom. The van der Waals surface area contributed by atoms with Gasteiger partial charge in [0.15, 0.2) is 0 Å². The number of para-hydroxylation sites is 1. The third kappa shape index (κ3) is 0.881. The quantitative estimate of drug-likeness (QED) is 0.757. The van der Waals surface area contributed by atoms with E-state index in [1.807, 2.05) is 18.2 Å². The fourth-order valence-electron chi connectivity index (χ4n) is 2.67. The first-order chi connectivity index (χ1) is 7.20. The lowest BCUT2D eigenvalue weighted by Gasteiger charge is -2.07. The van der Waals surface area contributed by atoms with Crippen molar-refractivity contribution in [1.29, 1.82) is 0 Å². The standard InChI is InChI=1S/C12H13NO2/c1-7-6-12(7)8-4-3-5-9(15-2)10(8)13-11(12)14/h3-5,7H,6H2,1-2H3,(H,13,14). The molecule has 1 aliphatic carbocycles. The number of benzene rings is 1. The number of anilines is 1. The Hall–Kier alpha value is -1.51. The number of methoxy groups -OCH3 is 1. The van der Waals surface area contributed by atoms with Gasteiger partial charge in [0.25, 0.3) is 0 Å². The van der Waals surface area contributed by atoms with Crippen LogP contribution in [0.25, 0.3) is 0 Å². The predicted molar refractivity (Wildman–Crippen MR) is 57.1 cm³/mol. The van der Waals surface area contributed by atoms with Crippen LogP contribution in [0.2, 0.25) is 0 Å². The molecule has 1 amide bonds. The monoisotopic (exact) mass is 203 g/mol. The van der Waals surface area contributed by atoms with Gasteiger partial charge in [0.05, 0.1) is 18.2 Å². The lowest BCUT2D eigenvalue weighted by Crippen LogP contribution is -2.20. The maximum absolute atomic E-state index is 11.9. The molecule has 2 unspecified atom stereocenters. The fourth-order valence-corrected chi connectivity index (χ4v) is 2.67. The molecule has 15 heavy (non-hydrogen) atoms. The van der Waals surface area contributed by atoms with E-state index in [2.05, 4.69) is 12.2 Å².